The van der Waals surface area contributed by atoms with Gasteiger partial charge in [-0.3, -0.25) is 28.8 Å². The van der Waals surface area contributed by atoms with Crippen molar-refractivity contribution in [2.45, 2.75) is 151 Å². The molecule has 406 valence electrons. The fourth-order valence-electron chi connectivity index (χ4n) is 12.9. The molecular weight excluding hydrogens is 979 g/mol. The molecule has 5 aliphatic rings. The number of halogens is 2. The zero-order chi connectivity index (χ0) is 53.6. The van der Waals surface area contributed by atoms with Crippen molar-refractivity contribution in [3.05, 3.63) is 94.6 Å². The minimum atomic E-state index is -1.34. The third-order valence-electron chi connectivity index (χ3n) is 17.5. The van der Waals surface area contributed by atoms with Crippen molar-refractivity contribution in [2.24, 2.45) is 11.8 Å². The molecule has 5 saturated heterocycles. The highest BCUT2D eigenvalue weighted by atomic mass is 28.3. The van der Waals surface area contributed by atoms with Gasteiger partial charge in [0.1, 0.15) is 5.69 Å². The van der Waals surface area contributed by atoms with Crippen LogP contribution in [0.3, 0.4) is 0 Å². The van der Waals surface area contributed by atoms with Gasteiger partial charge >= 0.3 is 11.9 Å². The minimum absolute atomic E-state index is 0.0420. The lowest BCUT2D eigenvalue weighted by Crippen LogP contribution is -2.47. The number of nitrogens with zero attached hydrogens (tertiary/aromatic N) is 4. The van der Waals surface area contributed by atoms with Gasteiger partial charge in [-0.15, -0.1) is 0 Å². The Hall–Kier alpha value is -5.52. The Morgan fingerprint density at radius 2 is 0.987 bits per heavy atom. The average molecular weight is 1060 g/mol. The van der Waals surface area contributed by atoms with Gasteiger partial charge in [0.2, 0.25) is 11.8 Å². The number of esters is 2. The molecule has 8 rings (SSSR count). The van der Waals surface area contributed by atoms with Crippen molar-refractivity contribution in [3.8, 4) is 0 Å². The van der Waals surface area contributed by atoms with Crippen LogP contribution < -0.4 is 9.80 Å². The fraction of sp³-hybridized carbons (Fsp3) is 0.586. The Labute approximate surface area is 441 Å². The second-order valence-corrected chi connectivity index (χ2v) is 26.8. The van der Waals surface area contributed by atoms with Crippen molar-refractivity contribution in [1.82, 2.24) is 9.80 Å². The molecule has 0 aliphatic carbocycles. The van der Waals surface area contributed by atoms with E-state index >= 15 is 8.78 Å². The molecule has 0 bridgehead atoms. The van der Waals surface area contributed by atoms with E-state index in [1.54, 1.807) is 23.6 Å². The molecule has 0 N–H and O–H groups in total. The van der Waals surface area contributed by atoms with E-state index in [9.17, 15) is 28.8 Å². The smallest absolute Gasteiger partial charge is 0.306 e. The first-order chi connectivity index (χ1) is 36.1. The molecule has 2 amide bonds. The molecule has 5 aliphatic heterocycles. The van der Waals surface area contributed by atoms with Crippen LogP contribution in [0.15, 0.2) is 60.7 Å². The van der Waals surface area contributed by atoms with Crippen LogP contribution >= 0.6 is 0 Å². The number of anilines is 2. The summed E-state index contributed by atoms with van der Waals surface area (Å²) in [5, 5.41) is 0. The van der Waals surface area contributed by atoms with Crippen LogP contribution in [0.1, 0.15) is 112 Å². The lowest BCUT2D eigenvalue weighted by Gasteiger charge is -2.39. The Morgan fingerprint density at radius 3 is 1.37 bits per heavy atom. The maximum Gasteiger partial charge on any atom is 0.306 e. The van der Waals surface area contributed by atoms with E-state index in [-0.39, 0.29) is 66.8 Å². The number of ether oxygens (including phenoxy) is 4. The van der Waals surface area contributed by atoms with Crippen molar-refractivity contribution < 1.29 is 56.5 Å². The summed E-state index contributed by atoms with van der Waals surface area (Å²) in [6.45, 7) is 5.62. The lowest BCUT2D eigenvalue weighted by molar-refractivity contribution is -0.151. The number of ketones is 2. The molecule has 1 spiro atoms. The van der Waals surface area contributed by atoms with Gasteiger partial charge in [-0.2, -0.15) is 0 Å². The monoisotopic (exact) mass is 1050 g/mol. The van der Waals surface area contributed by atoms with Crippen molar-refractivity contribution in [1.29, 1.82) is 0 Å². The summed E-state index contributed by atoms with van der Waals surface area (Å²) in [5.74, 6) is -4.60. The average Bonchev–Trinajstić information content (AvgIpc) is 4.28. The molecule has 5 heterocycles. The minimum Gasteiger partial charge on any atom is -0.469 e. The molecule has 75 heavy (non-hydrogen) atoms. The fourth-order valence-corrected chi connectivity index (χ4v) is 17.9. The van der Waals surface area contributed by atoms with Crippen LogP contribution in [0, 0.1) is 23.5 Å². The molecule has 17 heteroatoms. The Balaban J connectivity index is 1.01. The molecule has 5 fully saturated rings. The number of hydrogen-bond acceptors (Lipinski definition) is 12. The second kappa shape index (κ2) is 24.6. The summed E-state index contributed by atoms with van der Waals surface area (Å²) in [6, 6.07) is 21.5. The highest BCUT2D eigenvalue weighted by Crippen LogP contribution is 2.49. The van der Waals surface area contributed by atoms with Crippen LogP contribution in [-0.4, -0.2) is 132 Å². The summed E-state index contributed by atoms with van der Waals surface area (Å²) in [4.78, 5) is 87.3. The number of benzene rings is 3. The van der Waals surface area contributed by atoms with Gasteiger partial charge in [0, 0.05) is 58.9 Å². The van der Waals surface area contributed by atoms with E-state index in [2.05, 4.69) is 4.90 Å². The van der Waals surface area contributed by atoms with Crippen molar-refractivity contribution in [3.63, 3.8) is 0 Å². The van der Waals surface area contributed by atoms with Gasteiger partial charge in [0.25, 0.3) is 0 Å². The number of Topliss-reactive ketones (excluding diaryl/α,β-unsaturated/α-hetero) is 2. The van der Waals surface area contributed by atoms with E-state index < -0.39 is 67.8 Å². The van der Waals surface area contributed by atoms with Crippen LogP contribution in [0.4, 0.5) is 20.2 Å². The van der Waals surface area contributed by atoms with Gasteiger partial charge in [-0.05, 0) is 98.8 Å². The van der Waals surface area contributed by atoms with E-state index in [4.69, 9.17) is 18.9 Å². The first-order valence-electron chi connectivity index (χ1n) is 27.1. The number of carbonyl (C=O) groups is 6. The Morgan fingerprint density at radius 1 is 0.573 bits per heavy atom. The number of methoxy groups -OCH3 is 4. The largest absolute Gasteiger partial charge is 0.469 e. The molecule has 8 atom stereocenters. The van der Waals surface area contributed by atoms with Gasteiger partial charge in [-0.25, -0.2) is 8.78 Å². The zero-order valence-corrected chi connectivity index (χ0v) is 45.7. The predicted octanol–water partition coefficient (Wildman–Crippen LogP) is 8.74. The summed E-state index contributed by atoms with van der Waals surface area (Å²) in [6.07, 6.45) is 5.02. The number of amides is 2. The molecule has 0 saturated carbocycles. The molecule has 0 radical (unpaired) electrons. The molecule has 0 aromatic heterocycles. The second-order valence-electron chi connectivity index (χ2n) is 21.8. The third kappa shape index (κ3) is 12.4. The third-order valence-corrected chi connectivity index (χ3v) is 22.9. The van der Waals surface area contributed by atoms with E-state index in [1.807, 2.05) is 53.4 Å². The van der Waals surface area contributed by atoms with Crippen LogP contribution in [0.5, 0.6) is 0 Å². The Bertz CT molecular complexity index is 2380. The molecular formula is C58H76F2N4O10Si. The van der Waals surface area contributed by atoms with Gasteiger partial charge in [0.05, 0.1) is 83.3 Å². The molecule has 3 aromatic carbocycles. The zero-order valence-electron chi connectivity index (χ0n) is 44.7. The van der Waals surface area contributed by atoms with E-state index in [0.717, 1.165) is 34.3 Å². The summed E-state index contributed by atoms with van der Waals surface area (Å²) in [5.41, 5.74) is 3.85. The van der Waals surface area contributed by atoms with Gasteiger partial charge in [-0.1, -0.05) is 73.5 Å². The maximum atomic E-state index is 16.6. The molecule has 3 aromatic rings. The normalized spacial score (nSPS) is 23.0. The topological polar surface area (TPSA) is 152 Å². The summed E-state index contributed by atoms with van der Waals surface area (Å²) in [7, 11) is 4.17. The maximum absolute atomic E-state index is 16.6. The first kappa shape index (κ1) is 55.7. The van der Waals surface area contributed by atoms with Crippen LogP contribution in [0.25, 0.3) is 0 Å². The van der Waals surface area contributed by atoms with Crippen LogP contribution in [0.2, 0.25) is 24.2 Å². The van der Waals surface area contributed by atoms with Crippen molar-refractivity contribution >= 4 is 54.8 Å². The lowest BCUT2D eigenvalue weighted by atomic mass is 9.95. The SMILES string of the molecule is COC(=O)C[C@H](C(=O)N1CCC[C@H]1C(=O)Cc1ccc([C@H]2CC[C@H](c3ccc(CC(=O)[C@@H]4CCCN4C(=O)[C@@H](CC(=O)OC)[C@@H](C)OC)cc3)N2c2cc(F)c(N3CC[Si]4(CCCC4)CC3)c(F)c2)cc1)[C@@H](C)OC. The number of rotatable bonds is 20. The Kier molecular flexibility index (Phi) is 18.3. The number of carbonyl (C=O) groups excluding carboxylic acids is 6. The van der Waals surface area contributed by atoms with E-state index in [1.165, 1.54) is 65.5 Å². The predicted molar refractivity (Wildman–Crippen MR) is 283 cm³/mol. The number of likely N-dealkylation sites (tertiary alicyclic amines) is 2. The molecule has 0 unspecified atom stereocenters. The quantitative estimate of drug-likeness (QED) is 0.0786. The highest BCUT2D eigenvalue weighted by molar-refractivity contribution is 6.80. The summed E-state index contributed by atoms with van der Waals surface area (Å²) < 4.78 is 53.9. The summed E-state index contributed by atoms with van der Waals surface area (Å²) >= 11 is 0. The van der Waals surface area contributed by atoms with Gasteiger partial charge < -0.3 is 38.5 Å². The highest BCUT2D eigenvalue weighted by Gasteiger charge is 2.44. The first-order valence-corrected chi connectivity index (χ1v) is 30.0. The van der Waals surface area contributed by atoms with E-state index in [0.29, 0.717) is 70.4 Å². The van der Waals surface area contributed by atoms with Gasteiger partial charge in [0.15, 0.2) is 23.2 Å². The van der Waals surface area contributed by atoms with Crippen molar-refractivity contribution in [2.75, 3.05) is 64.4 Å². The van der Waals surface area contributed by atoms with Crippen LogP contribution in [-0.2, 0) is 60.6 Å². The standard InChI is InChI=1S/C58H76F2N4O10Si/c1-37(71-3)44(35-54(67)73-5)57(69)62-23-9-11-50(62)52(65)31-39-13-17-41(18-14-39)48-21-22-49(64(48)43-33-46(59)56(47(60)34-43)61-25-29-75(30-26-61)27-7-8-28-75)42-19-15-40(16-20-42)32-53(66)51-12-10-24-63(51)58(70)45(38(2)72-4)36-55(68)74-6/h13-20,33-34,37-38,44-45,48-51H,7-12,21-32,35-36H2,1-6H3/t37-,38-,44+,45+,48-,49-,50+,51+/m1/s1. The molecule has 14 nitrogen and oxygen atoms in total. The number of hydrogen-bond donors (Lipinski definition) is 0.